The van der Waals surface area contributed by atoms with Crippen LogP contribution in [0.15, 0.2) is 48.5 Å². The first-order valence-corrected chi connectivity index (χ1v) is 16.4. The van der Waals surface area contributed by atoms with E-state index >= 15 is 0 Å². The Morgan fingerprint density at radius 3 is 1.96 bits per heavy atom. The summed E-state index contributed by atoms with van der Waals surface area (Å²) < 4.78 is 16.5. The van der Waals surface area contributed by atoms with Gasteiger partial charge in [0.05, 0.1) is 12.1 Å². The van der Waals surface area contributed by atoms with Crippen LogP contribution in [0.3, 0.4) is 0 Å². The van der Waals surface area contributed by atoms with Crippen LogP contribution in [0.2, 0.25) is 0 Å². The predicted molar refractivity (Wildman–Crippen MR) is 179 cm³/mol. The molecule has 0 radical (unpaired) electrons. The van der Waals surface area contributed by atoms with Gasteiger partial charge in [0.2, 0.25) is 0 Å². The molecular formula is C36H46N2O6S. The van der Waals surface area contributed by atoms with Gasteiger partial charge in [-0.05, 0) is 77.0 Å². The highest BCUT2D eigenvalue weighted by atomic mass is 32.1. The van der Waals surface area contributed by atoms with E-state index in [2.05, 4.69) is 59.1 Å². The van der Waals surface area contributed by atoms with Crippen molar-refractivity contribution < 1.29 is 28.6 Å². The van der Waals surface area contributed by atoms with Gasteiger partial charge < -0.3 is 24.8 Å². The second-order valence-electron chi connectivity index (χ2n) is 13.7. The maximum atomic E-state index is 13.4. The fourth-order valence-corrected chi connectivity index (χ4v) is 6.52. The smallest absolute Gasteiger partial charge is 0.344 e. The number of fused-ring (bicyclic) bond motifs is 1. The fourth-order valence-electron chi connectivity index (χ4n) is 5.09. The average Bonchev–Trinajstić information content (AvgIpc) is 3.33. The lowest BCUT2D eigenvalue weighted by Crippen LogP contribution is -2.30. The lowest BCUT2D eigenvalue weighted by atomic mass is 9.87. The zero-order valence-electron chi connectivity index (χ0n) is 27.5. The molecule has 1 aliphatic rings. The van der Waals surface area contributed by atoms with Crippen molar-refractivity contribution in [1.82, 2.24) is 5.32 Å². The molecule has 45 heavy (non-hydrogen) atoms. The SMILES string of the molecule is CC1CCc2c(sc(NC(=O)COc3ccc(C(C)(C)C)cc3)c2C(=O)NCCOC(=O)COc2ccc(C(C)(C)C)cc2)C1. The Morgan fingerprint density at radius 2 is 1.40 bits per heavy atom. The highest BCUT2D eigenvalue weighted by molar-refractivity contribution is 7.17. The average molecular weight is 635 g/mol. The molecule has 1 heterocycles. The van der Waals surface area contributed by atoms with Crippen molar-refractivity contribution in [2.75, 3.05) is 31.7 Å². The summed E-state index contributed by atoms with van der Waals surface area (Å²) in [4.78, 5) is 39.6. The van der Waals surface area contributed by atoms with E-state index in [0.29, 0.717) is 28.0 Å². The van der Waals surface area contributed by atoms with Crippen molar-refractivity contribution in [2.24, 2.45) is 5.92 Å². The van der Waals surface area contributed by atoms with Gasteiger partial charge in [0, 0.05) is 4.88 Å². The van der Waals surface area contributed by atoms with Crippen molar-refractivity contribution in [3.8, 4) is 11.5 Å². The summed E-state index contributed by atoms with van der Waals surface area (Å²) >= 11 is 1.45. The molecule has 1 aromatic heterocycles. The molecule has 1 aliphatic carbocycles. The first-order chi connectivity index (χ1) is 21.2. The molecule has 0 aliphatic heterocycles. The minimum Gasteiger partial charge on any atom is -0.484 e. The number of carbonyl (C=O) groups is 3. The van der Waals surface area contributed by atoms with E-state index in [1.165, 1.54) is 22.5 Å². The molecule has 8 nitrogen and oxygen atoms in total. The molecule has 1 unspecified atom stereocenters. The molecule has 4 rings (SSSR count). The minimum atomic E-state index is -0.521. The first-order valence-electron chi connectivity index (χ1n) is 15.6. The van der Waals surface area contributed by atoms with E-state index in [1.54, 1.807) is 0 Å². The lowest BCUT2D eigenvalue weighted by molar-refractivity contribution is -0.145. The number of anilines is 1. The summed E-state index contributed by atoms with van der Waals surface area (Å²) in [6, 6.07) is 15.4. The number of amides is 2. The molecule has 1 atom stereocenters. The number of benzene rings is 2. The van der Waals surface area contributed by atoms with Crippen LogP contribution in [0.4, 0.5) is 5.00 Å². The molecule has 2 amide bonds. The van der Waals surface area contributed by atoms with Crippen molar-refractivity contribution in [2.45, 2.75) is 78.6 Å². The van der Waals surface area contributed by atoms with Gasteiger partial charge in [0.1, 0.15) is 23.1 Å². The van der Waals surface area contributed by atoms with Crippen molar-refractivity contribution >= 4 is 34.1 Å². The number of rotatable bonds is 11. The zero-order valence-corrected chi connectivity index (χ0v) is 28.3. The first kappa shape index (κ1) is 34.0. The number of hydrogen-bond donors (Lipinski definition) is 2. The third-order valence-corrected chi connectivity index (χ3v) is 8.98. The summed E-state index contributed by atoms with van der Waals surface area (Å²) in [5.41, 5.74) is 3.87. The molecule has 0 saturated carbocycles. The van der Waals surface area contributed by atoms with Gasteiger partial charge in [-0.15, -0.1) is 11.3 Å². The summed E-state index contributed by atoms with van der Waals surface area (Å²) in [6.07, 6.45) is 2.61. The summed E-state index contributed by atoms with van der Waals surface area (Å²) in [5, 5.41) is 6.29. The van der Waals surface area contributed by atoms with Crippen LogP contribution in [0.25, 0.3) is 0 Å². The van der Waals surface area contributed by atoms with Gasteiger partial charge in [-0.1, -0.05) is 72.7 Å². The number of ether oxygens (including phenoxy) is 3. The van der Waals surface area contributed by atoms with Crippen LogP contribution in [0.1, 0.15) is 86.8 Å². The quantitative estimate of drug-likeness (QED) is 0.177. The van der Waals surface area contributed by atoms with Crippen LogP contribution in [-0.2, 0) is 38.0 Å². The van der Waals surface area contributed by atoms with Gasteiger partial charge >= 0.3 is 5.97 Å². The maximum Gasteiger partial charge on any atom is 0.344 e. The van der Waals surface area contributed by atoms with Gasteiger partial charge in [-0.25, -0.2) is 4.79 Å². The monoisotopic (exact) mass is 634 g/mol. The van der Waals surface area contributed by atoms with Crippen molar-refractivity contribution in [1.29, 1.82) is 0 Å². The Balaban J connectivity index is 1.29. The molecular weight excluding hydrogens is 588 g/mol. The number of carbonyl (C=O) groups excluding carboxylic acids is 3. The number of esters is 1. The largest absolute Gasteiger partial charge is 0.484 e. The van der Waals surface area contributed by atoms with Crippen molar-refractivity contribution in [3.63, 3.8) is 0 Å². The third-order valence-electron chi connectivity index (χ3n) is 7.81. The van der Waals surface area contributed by atoms with E-state index in [9.17, 15) is 14.4 Å². The van der Waals surface area contributed by atoms with Crippen LogP contribution in [-0.4, -0.2) is 44.1 Å². The van der Waals surface area contributed by atoms with E-state index in [-0.39, 0.29) is 49.0 Å². The molecule has 0 saturated heterocycles. The molecule has 0 fully saturated rings. The summed E-state index contributed by atoms with van der Waals surface area (Å²) in [6.45, 7) is 14.8. The Labute approximate surface area is 270 Å². The third kappa shape index (κ3) is 9.57. The van der Waals surface area contributed by atoms with E-state index in [1.807, 2.05) is 48.5 Å². The minimum absolute atomic E-state index is 0.00376. The van der Waals surface area contributed by atoms with Crippen LogP contribution in [0.5, 0.6) is 11.5 Å². The number of thiophene rings is 1. The van der Waals surface area contributed by atoms with Gasteiger partial charge in [0.15, 0.2) is 13.2 Å². The van der Waals surface area contributed by atoms with Crippen LogP contribution < -0.4 is 20.1 Å². The summed E-state index contributed by atoms with van der Waals surface area (Å²) in [7, 11) is 0. The molecule has 242 valence electrons. The molecule has 0 spiro atoms. The number of hydrogen-bond acceptors (Lipinski definition) is 7. The molecule has 3 aromatic rings. The maximum absolute atomic E-state index is 13.4. The Morgan fingerprint density at radius 1 is 0.844 bits per heavy atom. The molecule has 2 aromatic carbocycles. The second-order valence-corrected chi connectivity index (χ2v) is 14.8. The molecule has 2 N–H and O–H groups in total. The van der Waals surface area contributed by atoms with Crippen molar-refractivity contribution in [3.05, 3.63) is 75.7 Å². The standard InChI is InChI=1S/C36H46N2O6S/c1-23-8-17-28-29(20-23)45-34(38-30(39)21-43-26-13-9-24(10-14-26)35(2,3)4)32(28)33(41)37-18-19-42-31(40)22-44-27-15-11-25(12-16-27)36(5,6)7/h9-16,23H,8,17-22H2,1-7H3,(H,37,41)(H,38,39). The van der Waals surface area contributed by atoms with Crippen LogP contribution in [0, 0.1) is 5.92 Å². The highest BCUT2D eigenvalue weighted by Gasteiger charge is 2.28. The van der Waals surface area contributed by atoms with Gasteiger partial charge in [-0.2, -0.15) is 0 Å². The Kier molecular flexibility index (Phi) is 11.0. The van der Waals surface area contributed by atoms with Gasteiger partial charge in [0.25, 0.3) is 11.8 Å². The van der Waals surface area contributed by atoms with E-state index < -0.39 is 5.97 Å². The van der Waals surface area contributed by atoms with Gasteiger partial charge in [-0.3, -0.25) is 9.59 Å². The normalized spacial score (nSPS) is 14.7. The second kappa shape index (κ2) is 14.5. The Bertz CT molecular complexity index is 1480. The number of nitrogens with one attached hydrogen (secondary N) is 2. The molecule has 0 bridgehead atoms. The predicted octanol–water partition coefficient (Wildman–Crippen LogP) is 6.84. The topological polar surface area (TPSA) is 103 Å². The molecule has 9 heteroatoms. The lowest BCUT2D eigenvalue weighted by Gasteiger charge is -2.19. The summed E-state index contributed by atoms with van der Waals surface area (Å²) in [5.74, 6) is 0.539. The zero-order chi connectivity index (χ0) is 32.8. The van der Waals surface area contributed by atoms with E-state index in [0.717, 1.165) is 29.7 Å². The van der Waals surface area contributed by atoms with E-state index in [4.69, 9.17) is 14.2 Å². The fraction of sp³-hybridized carbons (Fsp3) is 0.472. The Hall–Kier alpha value is -3.85. The van der Waals surface area contributed by atoms with Crippen LogP contribution >= 0.6 is 11.3 Å². The highest BCUT2D eigenvalue weighted by Crippen LogP contribution is 2.39.